The van der Waals surface area contributed by atoms with Gasteiger partial charge in [-0.25, -0.2) is 0 Å². The number of nitrogens with zero attached hydrogens (tertiary/aromatic N) is 1. The summed E-state index contributed by atoms with van der Waals surface area (Å²) in [7, 11) is -1.94. The lowest BCUT2D eigenvalue weighted by molar-refractivity contribution is -0.111. The molecule has 0 bridgehead atoms. The standard InChI is InChI=1S/C31H36N2OSi/c1-23(2)35(24(3)4,25(5)6)21-19-27(18-17-26-12-8-7-9-13-26)22-30(34)33-29-16-10-14-28-15-11-20-32-31(28)29/h7-18,20,22-25H,1-6H3,(H,33,34)/b18-17+,27-22-. The van der Waals surface area contributed by atoms with Crippen LogP contribution in [0.4, 0.5) is 5.69 Å². The first-order valence-electron chi connectivity index (χ1n) is 12.4. The zero-order valence-corrected chi connectivity index (χ0v) is 22.7. The normalized spacial score (nSPS) is 12.4. The van der Waals surface area contributed by atoms with Crippen molar-refractivity contribution in [2.75, 3.05) is 5.32 Å². The molecule has 0 unspecified atom stereocenters. The zero-order chi connectivity index (χ0) is 25.4. The van der Waals surface area contributed by atoms with Gasteiger partial charge in [0.25, 0.3) is 0 Å². The van der Waals surface area contributed by atoms with E-state index in [1.807, 2.05) is 72.8 Å². The van der Waals surface area contributed by atoms with Crippen LogP contribution >= 0.6 is 0 Å². The number of allylic oxidation sites excluding steroid dienone is 2. The number of fused-ring (bicyclic) bond motifs is 1. The molecule has 180 valence electrons. The maximum atomic E-state index is 13.1. The van der Waals surface area contributed by atoms with E-state index in [2.05, 4.69) is 63.3 Å². The topological polar surface area (TPSA) is 42.0 Å². The molecule has 0 aliphatic heterocycles. The fraction of sp³-hybridized carbons (Fsp3) is 0.290. The number of hydrogen-bond donors (Lipinski definition) is 1. The summed E-state index contributed by atoms with van der Waals surface area (Å²) in [5.41, 5.74) is 8.54. The van der Waals surface area contributed by atoms with E-state index in [1.165, 1.54) is 0 Å². The van der Waals surface area contributed by atoms with Gasteiger partial charge in [0.05, 0.1) is 11.2 Å². The lowest BCUT2D eigenvalue weighted by Crippen LogP contribution is -2.43. The third-order valence-corrected chi connectivity index (χ3v) is 13.0. The second-order valence-corrected chi connectivity index (χ2v) is 15.4. The van der Waals surface area contributed by atoms with Crippen LogP contribution in [0.3, 0.4) is 0 Å². The number of nitrogens with one attached hydrogen (secondary N) is 1. The van der Waals surface area contributed by atoms with Crippen molar-refractivity contribution in [3.8, 4) is 11.5 Å². The predicted octanol–water partition coefficient (Wildman–Crippen LogP) is 8.03. The van der Waals surface area contributed by atoms with Crippen LogP contribution in [-0.4, -0.2) is 19.0 Å². The van der Waals surface area contributed by atoms with E-state index in [4.69, 9.17) is 0 Å². The van der Waals surface area contributed by atoms with E-state index in [1.54, 1.807) is 12.3 Å². The van der Waals surface area contributed by atoms with E-state index in [0.29, 0.717) is 27.9 Å². The van der Waals surface area contributed by atoms with Crippen molar-refractivity contribution in [3.63, 3.8) is 0 Å². The smallest absolute Gasteiger partial charge is 0.249 e. The molecule has 3 rings (SSSR count). The lowest BCUT2D eigenvalue weighted by atomic mass is 10.1. The van der Waals surface area contributed by atoms with Crippen LogP contribution in [0.25, 0.3) is 17.0 Å². The maximum absolute atomic E-state index is 13.1. The molecule has 4 heteroatoms. The molecular weight excluding hydrogens is 444 g/mol. The molecule has 0 saturated carbocycles. The number of carbonyl (C=O) groups is 1. The average molecular weight is 481 g/mol. The van der Waals surface area contributed by atoms with Gasteiger partial charge in [0, 0.05) is 23.2 Å². The molecule has 1 amide bonds. The first kappa shape index (κ1) is 26.2. The van der Waals surface area contributed by atoms with Crippen molar-refractivity contribution >= 4 is 36.6 Å². The van der Waals surface area contributed by atoms with Gasteiger partial charge in [-0.1, -0.05) is 102 Å². The minimum absolute atomic E-state index is 0.212. The molecule has 1 aromatic heterocycles. The molecular formula is C31H36N2OSi. The fourth-order valence-electron chi connectivity index (χ4n) is 5.00. The summed E-state index contributed by atoms with van der Waals surface area (Å²) in [5.74, 6) is 3.23. The van der Waals surface area contributed by atoms with Crippen LogP contribution in [-0.2, 0) is 4.79 Å². The number of benzene rings is 2. The van der Waals surface area contributed by atoms with Crippen molar-refractivity contribution in [2.24, 2.45) is 0 Å². The Morgan fingerprint density at radius 3 is 2.20 bits per heavy atom. The van der Waals surface area contributed by atoms with Gasteiger partial charge in [0.2, 0.25) is 5.91 Å². The van der Waals surface area contributed by atoms with Gasteiger partial charge >= 0.3 is 0 Å². The molecule has 0 aliphatic rings. The number of carbonyl (C=O) groups excluding carboxylic acids is 1. The van der Waals surface area contributed by atoms with Crippen LogP contribution in [0.2, 0.25) is 16.6 Å². The first-order valence-corrected chi connectivity index (χ1v) is 14.6. The van der Waals surface area contributed by atoms with E-state index in [-0.39, 0.29) is 5.91 Å². The molecule has 0 fully saturated rings. The van der Waals surface area contributed by atoms with Gasteiger partial charge in [0.1, 0.15) is 8.07 Å². The molecule has 0 atom stereocenters. The van der Waals surface area contributed by atoms with Crippen LogP contribution in [0.1, 0.15) is 47.1 Å². The van der Waals surface area contributed by atoms with Crippen molar-refractivity contribution in [1.82, 2.24) is 4.98 Å². The quantitative estimate of drug-likeness (QED) is 0.161. The van der Waals surface area contributed by atoms with E-state index >= 15 is 0 Å². The highest BCUT2D eigenvalue weighted by atomic mass is 28.3. The first-order chi connectivity index (χ1) is 16.7. The molecule has 3 nitrogen and oxygen atoms in total. The summed E-state index contributed by atoms with van der Waals surface area (Å²) in [5, 5.41) is 4.00. The van der Waals surface area contributed by atoms with Gasteiger partial charge in [-0.3, -0.25) is 9.78 Å². The van der Waals surface area contributed by atoms with Gasteiger partial charge in [0.15, 0.2) is 0 Å². The minimum atomic E-state index is -1.94. The number of hydrogen-bond acceptors (Lipinski definition) is 2. The molecule has 2 aromatic carbocycles. The number of pyridine rings is 1. The summed E-state index contributed by atoms with van der Waals surface area (Å²) in [6, 6.07) is 19.7. The van der Waals surface area contributed by atoms with Crippen molar-refractivity contribution in [3.05, 3.63) is 90.1 Å². The van der Waals surface area contributed by atoms with Crippen LogP contribution in [0.15, 0.2) is 84.6 Å². The molecule has 3 aromatic rings. The highest BCUT2D eigenvalue weighted by Gasteiger charge is 2.41. The van der Waals surface area contributed by atoms with Crippen molar-refractivity contribution in [1.29, 1.82) is 0 Å². The molecule has 0 spiro atoms. The Morgan fingerprint density at radius 2 is 1.54 bits per heavy atom. The number of amides is 1. The summed E-state index contributed by atoms with van der Waals surface area (Å²) < 4.78 is 0. The highest BCUT2D eigenvalue weighted by molar-refractivity contribution is 6.90. The zero-order valence-electron chi connectivity index (χ0n) is 21.7. The molecule has 0 aliphatic carbocycles. The predicted molar refractivity (Wildman–Crippen MR) is 153 cm³/mol. The fourth-order valence-corrected chi connectivity index (χ4v) is 10.2. The SMILES string of the molecule is CC(C)[Si](C#CC(=C\C(=O)Nc1cccc2cccnc12)/C=C/c1ccccc1)(C(C)C)C(C)C. The molecule has 0 saturated heterocycles. The van der Waals surface area contributed by atoms with Crippen LogP contribution < -0.4 is 5.32 Å². The van der Waals surface area contributed by atoms with Gasteiger partial charge in [-0.2, -0.15) is 0 Å². The van der Waals surface area contributed by atoms with E-state index < -0.39 is 8.07 Å². The summed E-state index contributed by atoms with van der Waals surface area (Å²) in [6.07, 6.45) is 7.30. The largest absolute Gasteiger partial charge is 0.321 e. The Morgan fingerprint density at radius 1 is 0.886 bits per heavy atom. The number of rotatable bonds is 7. The van der Waals surface area contributed by atoms with Crippen LogP contribution in [0.5, 0.6) is 0 Å². The second kappa shape index (κ2) is 11.8. The lowest BCUT2D eigenvalue weighted by Gasteiger charge is -2.38. The van der Waals surface area contributed by atoms with E-state index in [9.17, 15) is 4.79 Å². The monoisotopic (exact) mass is 480 g/mol. The Hall–Kier alpha value is -3.42. The average Bonchev–Trinajstić information content (AvgIpc) is 2.83. The third kappa shape index (κ3) is 6.38. The molecule has 1 heterocycles. The van der Waals surface area contributed by atoms with E-state index in [0.717, 1.165) is 16.5 Å². The number of para-hydroxylation sites is 1. The number of aromatic nitrogens is 1. The minimum Gasteiger partial charge on any atom is -0.321 e. The number of anilines is 1. The van der Waals surface area contributed by atoms with Gasteiger partial charge in [-0.15, -0.1) is 5.54 Å². The van der Waals surface area contributed by atoms with Crippen molar-refractivity contribution in [2.45, 2.75) is 58.2 Å². The molecule has 35 heavy (non-hydrogen) atoms. The highest BCUT2D eigenvalue weighted by Crippen LogP contribution is 2.40. The summed E-state index contributed by atoms with van der Waals surface area (Å²) in [6.45, 7) is 13.8. The summed E-state index contributed by atoms with van der Waals surface area (Å²) >= 11 is 0. The van der Waals surface area contributed by atoms with Gasteiger partial charge < -0.3 is 5.32 Å². The maximum Gasteiger partial charge on any atom is 0.249 e. The van der Waals surface area contributed by atoms with Crippen molar-refractivity contribution < 1.29 is 4.79 Å². The second-order valence-electron chi connectivity index (χ2n) is 9.86. The Balaban J connectivity index is 2.00. The Bertz CT molecular complexity index is 1250. The summed E-state index contributed by atoms with van der Waals surface area (Å²) in [4.78, 5) is 17.5. The Kier molecular flexibility index (Phi) is 8.84. The third-order valence-electron chi connectivity index (χ3n) is 6.72. The van der Waals surface area contributed by atoms with Crippen LogP contribution in [0, 0.1) is 11.5 Å². The Labute approximate surface area is 211 Å². The molecule has 0 radical (unpaired) electrons. The van der Waals surface area contributed by atoms with Gasteiger partial charge in [-0.05, 0) is 40.4 Å². The molecule has 1 N–H and O–H groups in total.